The Balaban J connectivity index is 2.28. The van der Waals surface area contributed by atoms with Crippen LogP contribution in [0.3, 0.4) is 0 Å². The zero-order valence-corrected chi connectivity index (χ0v) is 10.3. The first-order valence-electron chi connectivity index (χ1n) is 6.17. The average Bonchev–Trinajstić information content (AvgIpc) is 2.27. The number of amides is 1. The molecule has 1 rings (SSSR count). The smallest absolute Gasteiger partial charge is 0.249 e. The highest BCUT2D eigenvalue weighted by molar-refractivity contribution is 5.80. The first-order chi connectivity index (χ1) is 7.55. The van der Waals surface area contributed by atoms with Crippen LogP contribution in [0.15, 0.2) is 0 Å². The molecule has 4 heteroatoms. The highest BCUT2D eigenvalue weighted by atomic mass is 16.5. The third-order valence-electron chi connectivity index (χ3n) is 2.90. The molecule has 1 aliphatic heterocycles. The molecule has 4 nitrogen and oxygen atoms in total. The second-order valence-corrected chi connectivity index (χ2v) is 4.82. The van der Waals surface area contributed by atoms with E-state index in [1.807, 2.05) is 6.92 Å². The summed E-state index contributed by atoms with van der Waals surface area (Å²) >= 11 is 0. The molecule has 2 N–H and O–H groups in total. The van der Waals surface area contributed by atoms with Crippen molar-refractivity contribution >= 4 is 5.91 Å². The maximum absolute atomic E-state index is 11.7. The van der Waals surface area contributed by atoms with Crippen LogP contribution in [0.25, 0.3) is 0 Å². The molecule has 0 aromatic rings. The van der Waals surface area contributed by atoms with Crippen molar-refractivity contribution in [2.24, 2.45) is 0 Å². The largest absolute Gasteiger partial charge is 0.388 e. The maximum Gasteiger partial charge on any atom is 0.249 e. The number of carbonyl (C=O) groups is 1. The van der Waals surface area contributed by atoms with Gasteiger partial charge < -0.3 is 15.2 Å². The van der Waals surface area contributed by atoms with E-state index in [9.17, 15) is 9.90 Å². The molecular formula is C12H23NO3. The Morgan fingerprint density at radius 3 is 2.88 bits per heavy atom. The van der Waals surface area contributed by atoms with Crippen molar-refractivity contribution in [1.82, 2.24) is 5.32 Å². The molecule has 1 heterocycles. The molecule has 0 saturated carbocycles. The summed E-state index contributed by atoms with van der Waals surface area (Å²) in [6.45, 7) is 4.74. The van der Waals surface area contributed by atoms with Gasteiger partial charge in [0, 0.05) is 13.2 Å². The summed E-state index contributed by atoms with van der Waals surface area (Å²) in [6.07, 6.45) is 4.16. The van der Waals surface area contributed by atoms with Gasteiger partial charge in [0.05, 0.1) is 5.60 Å². The van der Waals surface area contributed by atoms with Crippen LogP contribution >= 0.6 is 0 Å². The predicted molar refractivity (Wildman–Crippen MR) is 62.1 cm³/mol. The second kappa shape index (κ2) is 6.21. The lowest BCUT2D eigenvalue weighted by Gasteiger charge is -2.26. The summed E-state index contributed by atoms with van der Waals surface area (Å²) in [5, 5.41) is 12.7. The minimum Gasteiger partial charge on any atom is -0.388 e. The highest BCUT2D eigenvalue weighted by Crippen LogP contribution is 2.14. The Hall–Kier alpha value is -0.610. The second-order valence-electron chi connectivity index (χ2n) is 4.82. The van der Waals surface area contributed by atoms with Crippen LogP contribution in [0.1, 0.15) is 46.0 Å². The van der Waals surface area contributed by atoms with Gasteiger partial charge in [-0.15, -0.1) is 0 Å². The fraction of sp³-hybridized carbons (Fsp3) is 0.917. The molecule has 1 amide bonds. The lowest BCUT2D eigenvalue weighted by Crippen LogP contribution is -2.45. The van der Waals surface area contributed by atoms with Crippen molar-refractivity contribution in [3.63, 3.8) is 0 Å². The Morgan fingerprint density at radius 2 is 2.31 bits per heavy atom. The van der Waals surface area contributed by atoms with Gasteiger partial charge in [0.1, 0.15) is 6.10 Å². The summed E-state index contributed by atoms with van der Waals surface area (Å²) in [4.78, 5) is 11.7. The van der Waals surface area contributed by atoms with Crippen LogP contribution < -0.4 is 5.32 Å². The molecule has 2 unspecified atom stereocenters. The van der Waals surface area contributed by atoms with Crippen LogP contribution in [0.4, 0.5) is 0 Å². The Morgan fingerprint density at radius 1 is 1.56 bits per heavy atom. The third-order valence-corrected chi connectivity index (χ3v) is 2.90. The van der Waals surface area contributed by atoms with Gasteiger partial charge in [-0.1, -0.05) is 13.3 Å². The summed E-state index contributed by atoms with van der Waals surface area (Å²) in [7, 11) is 0. The topological polar surface area (TPSA) is 58.6 Å². The van der Waals surface area contributed by atoms with Crippen LogP contribution in [0.5, 0.6) is 0 Å². The lowest BCUT2D eigenvalue weighted by molar-refractivity contribution is -0.136. The zero-order chi connectivity index (χ0) is 12.0. The number of rotatable bonds is 5. The first kappa shape index (κ1) is 13.5. The van der Waals surface area contributed by atoms with E-state index in [0.717, 1.165) is 25.7 Å². The molecule has 94 valence electrons. The molecular weight excluding hydrogens is 206 g/mol. The van der Waals surface area contributed by atoms with Gasteiger partial charge in [-0.2, -0.15) is 0 Å². The minimum atomic E-state index is -0.806. The number of aliphatic hydroxyl groups is 1. The van der Waals surface area contributed by atoms with Gasteiger partial charge in [0.2, 0.25) is 5.91 Å². The number of hydrogen-bond acceptors (Lipinski definition) is 3. The van der Waals surface area contributed by atoms with E-state index in [1.54, 1.807) is 6.92 Å². The molecule has 0 spiro atoms. The van der Waals surface area contributed by atoms with Crippen molar-refractivity contribution in [1.29, 1.82) is 0 Å². The van der Waals surface area contributed by atoms with Gasteiger partial charge in [0.25, 0.3) is 0 Å². The molecule has 1 fully saturated rings. The zero-order valence-electron chi connectivity index (χ0n) is 10.3. The molecule has 16 heavy (non-hydrogen) atoms. The van der Waals surface area contributed by atoms with Crippen LogP contribution in [-0.4, -0.2) is 35.9 Å². The molecule has 0 aromatic carbocycles. The molecule has 1 saturated heterocycles. The Bertz CT molecular complexity index is 222. The highest BCUT2D eigenvalue weighted by Gasteiger charge is 2.25. The van der Waals surface area contributed by atoms with E-state index in [0.29, 0.717) is 19.6 Å². The average molecular weight is 229 g/mol. The van der Waals surface area contributed by atoms with E-state index in [4.69, 9.17) is 4.74 Å². The SMILES string of the molecule is CCCC(C)(O)CNC(=O)C1CCCCO1. The lowest BCUT2D eigenvalue weighted by atomic mass is 10.0. The van der Waals surface area contributed by atoms with E-state index in [2.05, 4.69) is 5.32 Å². The molecule has 0 bridgehead atoms. The number of ether oxygens (including phenoxy) is 1. The molecule has 0 aromatic heterocycles. The van der Waals surface area contributed by atoms with Crippen LogP contribution in [0, 0.1) is 0 Å². The minimum absolute atomic E-state index is 0.0870. The summed E-state index contributed by atoms with van der Waals surface area (Å²) in [5.74, 6) is -0.0870. The normalized spacial score (nSPS) is 24.8. The van der Waals surface area contributed by atoms with Gasteiger partial charge in [-0.25, -0.2) is 0 Å². The molecule has 1 aliphatic rings. The Labute approximate surface area is 97.4 Å². The van der Waals surface area contributed by atoms with E-state index in [1.165, 1.54) is 0 Å². The summed E-state index contributed by atoms with van der Waals surface area (Å²) < 4.78 is 5.37. The van der Waals surface area contributed by atoms with Crippen LogP contribution in [-0.2, 0) is 9.53 Å². The molecule has 2 atom stereocenters. The van der Waals surface area contributed by atoms with E-state index < -0.39 is 5.60 Å². The number of carbonyl (C=O) groups excluding carboxylic acids is 1. The quantitative estimate of drug-likeness (QED) is 0.745. The van der Waals surface area contributed by atoms with Gasteiger partial charge in [-0.3, -0.25) is 4.79 Å². The predicted octanol–water partition coefficient (Wildman–Crippen LogP) is 1.22. The molecule has 0 aliphatic carbocycles. The fourth-order valence-corrected chi connectivity index (χ4v) is 1.97. The van der Waals surface area contributed by atoms with Crippen molar-refractivity contribution < 1.29 is 14.6 Å². The first-order valence-corrected chi connectivity index (χ1v) is 6.17. The van der Waals surface area contributed by atoms with E-state index >= 15 is 0 Å². The van der Waals surface area contributed by atoms with Crippen LogP contribution in [0.2, 0.25) is 0 Å². The van der Waals surface area contributed by atoms with Crippen molar-refractivity contribution in [2.45, 2.75) is 57.7 Å². The van der Waals surface area contributed by atoms with Crippen molar-refractivity contribution in [2.75, 3.05) is 13.2 Å². The number of nitrogens with one attached hydrogen (secondary N) is 1. The fourth-order valence-electron chi connectivity index (χ4n) is 1.97. The maximum atomic E-state index is 11.7. The van der Waals surface area contributed by atoms with Gasteiger partial charge >= 0.3 is 0 Å². The summed E-state index contributed by atoms with van der Waals surface area (Å²) in [6, 6.07) is 0. The summed E-state index contributed by atoms with van der Waals surface area (Å²) in [5.41, 5.74) is -0.806. The molecule has 0 radical (unpaired) electrons. The van der Waals surface area contributed by atoms with Gasteiger partial charge in [0.15, 0.2) is 0 Å². The van der Waals surface area contributed by atoms with Crippen molar-refractivity contribution in [3.05, 3.63) is 0 Å². The Kier molecular flexibility index (Phi) is 5.22. The van der Waals surface area contributed by atoms with E-state index in [-0.39, 0.29) is 12.0 Å². The third kappa shape index (κ3) is 4.49. The monoisotopic (exact) mass is 229 g/mol. The standard InChI is InChI=1S/C12H23NO3/c1-3-7-12(2,15)9-13-11(14)10-6-4-5-8-16-10/h10,15H,3-9H2,1-2H3,(H,13,14). The number of hydrogen-bond donors (Lipinski definition) is 2. The van der Waals surface area contributed by atoms with Gasteiger partial charge in [-0.05, 0) is 32.6 Å². The van der Waals surface area contributed by atoms with Crippen molar-refractivity contribution in [3.8, 4) is 0 Å².